The Morgan fingerprint density at radius 3 is 2.12 bits per heavy atom. The van der Waals surface area contributed by atoms with Gasteiger partial charge in [-0.25, -0.2) is 4.57 Å². The molecule has 0 aliphatic heterocycles. The van der Waals surface area contributed by atoms with E-state index in [9.17, 15) is 18.9 Å². The lowest BCUT2D eigenvalue weighted by Crippen LogP contribution is -2.46. The fourth-order valence-electron chi connectivity index (χ4n) is 2.17. The summed E-state index contributed by atoms with van der Waals surface area (Å²) in [5.74, 6) is -0.667. The summed E-state index contributed by atoms with van der Waals surface area (Å²) in [6.45, 7) is 3.67. The minimum absolute atomic E-state index is 0.0406. The van der Waals surface area contributed by atoms with E-state index in [1.807, 2.05) is 0 Å². The minimum atomic E-state index is -4.42. The molecule has 0 aromatic rings. The van der Waals surface area contributed by atoms with Crippen LogP contribution in [0.5, 0.6) is 0 Å². The Labute approximate surface area is 153 Å². The van der Waals surface area contributed by atoms with Gasteiger partial charge in [0.1, 0.15) is 6.04 Å². The molecule has 1 unspecified atom stereocenters. The Balaban J connectivity index is 3.98. The molecule has 0 heterocycles. The summed E-state index contributed by atoms with van der Waals surface area (Å²) in [6, 6.07) is -0.622. The summed E-state index contributed by atoms with van der Waals surface area (Å²) in [7, 11) is -4.42. The molecule has 0 saturated carbocycles. The second kappa shape index (κ2) is 13.7. The zero-order chi connectivity index (χ0) is 20.0. The van der Waals surface area contributed by atoms with Gasteiger partial charge in [0.05, 0.1) is 6.61 Å². The topological polar surface area (TPSA) is 154 Å². The first kappa shape index (κ1) is 24.5. The predicted octanol–water partition coefficient (Wildman–Crippen LogP) is 0.193. The standard InChI is InChI=1S/C15H30N3O7P/c1-12(19)16-9-6-4-8-14(18-13(2)20)15(21)17-10-5-3-7-11-25-26(22,23)24/h14H,3-11H2,1-2H3,(H,16,19)(H,17,21)(H,18,20)(H2,22,23,24). The van der Waals surface area contributed by atoms with Crippen LogP contribution in [-0.4, -0.2) is 53.2 Å². The molecule has 26 heavy (non-hydrogen) atoms. The van der Waals surface area contributed by atoms with Gasteiger partial charge in [-0.05, 0) is 38.5 Å². The first-order valence-electron chi connectivity index (χ1n) is 8.61. The summed E-state index contributed by atoms with van der Waals surface area (Å²) < 4.78 is 14.8. The van der Waals surface area contributed by atoms with E-state index in [1.54, 1.807) is 0 Å². The van der Waals surface area contributed by atoms with Crippen LogP contribution in [0.2, 0.25) is 0 Å². The lowest BCUT2D eigenvalue weighted by molar-refractivity contribution is -0.128. The number of rotatable bonds is 14. The van der Waals surface area contributed by atoms with Crippen LogP contribution in [-0.2, 0) is 23.5 Å². The van der Waals surface area contributed by atoms with Gasteiger partial charge >= 0.3 is 7.82 Å². The van der Waals surface area contributed by atoms with Crippen LogP contribution in [0.3, 0.4) is 0 Å². The van der Waals surface area contributed by atoms with E-state index in [4.69, 9.17) is 9.79 Å². The summed E-state index contributed by atoms with van der Waals surface area (Å²) in [4.78, 5) is 51.2. The highest BCUT2D eigenvalue weighted by Gasteiger charge is 2.18. The average molecular weight is 395 g/mol. The third kappa shape index (κ3) is 16.0. The molecule has 0 bridgehead atoms. The van der Waals surface area contributed by atoms with Crippen molar-refractivity contribution in [3.63, 3.8) is 0 Å². The zero-order valence-corrected chi connectivity index (χ0v) is 16.2. The van der Waals surface area contributed by atoms with Crippen LogP contribution in [0.15, 0.2) is 0 Å². The monoisotopic (exact) mass is 395 g/mol. The Kier molecular flexibility index (Phi) is 12.9. The molecule has 0 aliphatic carbocycles. The number of nitrogens with one attached hydrogen (secondary N) is 3. The molecule has 0 fully saturated rings. The first-order valence-corrected chi connectivity index (χ1v) is 10.1. The maximum atomic E-state index is 12.1. The number of carbonyl (C=O) groups is 3. The number of hydrogen-bond acceptors (Lipinski definition) is 5. The molecular weight excluding hydrogens is 365 g/mol. The second-order valence-corrected chi connectivity index (χ2v) is 7.15. The predicted molar refractivity (Wildman–Crippen MR) is 95.0 cm³/mol. The molecule has 152 valence electrons. The molecule has 0 saturated heterocycles. The molecule has 11 heteroatoms. The van der Waals surface area contributed by atoms with Crippen LogP contribution >= 0.6 is 7.82 Å². The lowest BCUT2D eigenvalue weighted by atomic mass is 10.1. The Hall–Kier alpha value is -1.48. The Bertz CT molecular complexity index is 496. The highest BCUT2D eigenvalue weighted by molar-refractivity contribution is 7.46. The molecule has 3 amide bonds. The van der Waals surface area contributed by atoms with Crippen LogP contribution in [0.4, 0.5) is 0 Å². The fourth-order valence-corrected chi connectivity index (χ4v) is 2.54. The summed E-state index contributed by atoms with van der Waals surface area (Å²) in [5.41, 5.74) is 0. The molecule has 5 N–H and O–H groups in total. The van der Waals surface area contributed by atoms with E-state index in [0.717, 1.165) is 0 Å². The van der Waals surface area contributed by atoms with E-state index in [1.165, 1.54) is 13.8 Å². The van der Waals surface area contributed by atoms with Gasteiger partial charge in [-0.1, -0.05) is 0 Å². The van der Waals surface area contributed by atoms with Crippen molar-refractivity contribution in [3.8, 4) is 0 Å². The van der Waals surface area contributed by atoms with Gasteiger partial charge in [0.2, 0.25) is 17.7 Å². The lowest BCUT2D eigenvalue weighted by Gasteiger charge is -2.17. The van der Waals surface area contributed by atoms with E-state index in [2.05, 4.69) is 20.5 Å². The maximum absolute atomic E-state index is 12.1. The highest BCUT2D eigenvalue weighted by atomic mass is 31.2. The first-order chi connectivity index (χ1) is 12.1. The molecular formula is C15H30N3O7P. The van der Waals surface area contributed by atoms with Crippen molar-refractivity contribution < 1.29 is 33.3 Å². The van der Waals surface area contributed by atoms with Crippen LogP contribution < -0.4 is 16.0 Å². The van der Waals surface area contributed by atoms with Gasteiger partial charge in [0.25, 0.3) is 0 Å². The number of amides is 3. The van der Waals surface area contributed by atoms with Gasteiger partial charge in [-0.3, -0.25) is 18.9 Å². The van der Waals surface area contributed by atoms with Gasteiger partial charge < -0.3 is 25.7 Å². The molecule has 1 atom stereocenters. The number of hydrogen-bond donors (Lipinski definition) is 5. The molecule has 0 rings (SSSR count). The van der Waals surface area contributed by atoms with Crippen molar-refractivity contribution in [2.24, 2.45) is 0 Å². The van der Waals surface area contributed by atoms with Gasteiger partial charge in [-0.2, -0.15) is 0 Å². The molecule has 0 aromatic carbocycles. The summed E-state index contributed by atoms with van der Waals surface area (Å²) in [5, 5.41) is 8.02. The van der Waals surface area contributed by atoms with Crippen molar-refractivity contribution in [2.45, 2.75) is 58.4 Å². The van der Waals surface area contributed by atoms with Gasteiger partial charge in [0, 0.05) is 26.9 Å². The summed E-state index contributed by atoms with van der Waals surface area (Å²) >= 11 is 0. The van der Waals surface area contributed by atoms with Crippen LogP contribution in [0, 0.1) is 0 Å². The van der Waals surface area contributed by atoms with E-state index >= 15 is 0 Å². The van der Waals surface area contributed by atoms with Gasteiger partial charge in [-0.15, -0.1) is 0 Å². The number of carbonyl (C=O) groups excluding carboxylic acids is 3. The number of phosphoric ester groups is 1. The van der Waals surface area contributed by atoms with Crippen molar-refractivity contribution in [1.29, 1.82) is 0 Å². The maximum Gasteiger partial charge on any atom is 0.469 e. The van der Waals surface area contributed by atoms with Crippen molar-refractivity contribution >= 4 is 25.5 Å². The van der Waals surface area contributed by atoms with Gasteiger partial charge in [0.15, 0.2) is 0 Å². The average Bonchev–Trinajstić information content (AvgIpc) is 2.50. The highest BCUT2D eigenvalue weighted by Crippen LogP contribution is 2.35. The minimum Gasteiger partial charge on any atom is -0.356 e. The molecule has 0 radical (unpaired) electrons. The third-order valence-corrected chi connectivity index (χ3v) is 3.89. The van der Waals surface area contributed by atoms with Crippen molar-refractivity contribution in [2.75, 3.05) is 19.7 Å². The van der Waals surface area contributed by atoms with E-state index in [-0.39, 0.29) is 24.3 Å². The SMILES string of the molecule is CC(=O)NCCCCC(NC(C)=O)C(=O)NCCCCCOP(=O)(O)O. The molecule has 0 aromatic heterocycles. The second-order valence-electron chi connectivity index (χ2n) is 5.91. The van der Waals surface area contributed by atoms with Crippen molar-refractivity contribution in [3.05, 3.63) is 0 Å². The summed E-state index contributed by atoms with van der Waals surface area (Å²) in [6.07, 6.45) is 3.61. The van der Waals surface area contributed by atoms with Crippen LogP contribution in [0.25, 0.3) is 0 Å². The van der Waals surface area contributed by atoms with Crippen LogP contribution in [0.1, 0.15) is 52.4 Å². The number of phosphoric acid groups is 1. The smallest absolute Gasteiger partial charge is 0.356 e. The molecule has 0 spiro atoms. The quantitative estimate of drug-likeness (QED) is 0.208. The largest absolute Gasteiger partial charge is 0.469 e. The fraction of sp³-hybridized carbons (Fsp3) is 0.800. The van der Waals surface area contributed by atoms with Crippen molar-refractivity contribution in [1.82, 2.24) is 16.0 Å². The number of unbranched alkanes of at least 4 members (excludes halogenated alkanes) is 3. The third-order valence-electron chi connectivity index (χ3n) is 3.37. The van der Waals surface area contributed by atoms with E-state index < -0.39 is 13.9 Å². The Morgan fingerprint density at radius 2 is 1.54 bits per heavy atom. The normalized spacial score (nSPS) is 12.3. The zero-order valence-electron chi connectivity index (χ0n) is 15.3. The molecule has 10 nitrogen and oxygen atoms in total. The Morgan fingerprint density at radius 1 is 0.923 bits per heavy atom. The van der Waals surface area contributed by atoms with E-state index in [0.29, 0.717) is 51.6 Å². The molecule has 0 aliphatic rings.